The molecule has 0 aliphatic rings. The summed E-state index contributed by atoms with van der Waals surface area (Å²) in [6.45, 7) is 5.49. The average Bonchev–Trinajstić information content (AvgIpc) is 2.76. The highest BCUT2D eigenvalue weighted by Crippen LogP contribution is 2.29. The molecule has 0 aliphatic carbocycles. The maximum Gasteiger partial charge on any atom is 0.183 e. The van der Waals surface area contributed by atoms with Crippen molar-refractivity contribution in [2.24, 2.45) is 5.41 Å². The van der Waals surface area contributed by atoms with Gasteiger partial charge in [0.1, 0.15) is 0 Å². The standard InChI is InChI=1S/C14H21N3OS/c1-14(2,6-3-7-18)9-16-13-17-11-5-4-10(15)8-12(11)19-13/h4-5,8,18H,3,6-7,9,15H2,1-2H3,(H,16,17). The van der Waals surface area contributed by atoms with Crippen molar-refractivity contribution in [1.82, 2.24) is 4.98 Å². The Morgan fingerprint density at radius 1 is 1.42 bits per heavy atom. The minimum atomic E-state index is 0.152. The highest BCUT2D eigenvalue weighted by atomic mass is 32.1. The van der Waals surface area contributed by atoms with E-state index in [1.54, 1.807) is 11.3 Å². The summed E-state index contributed by atoms with van der Waals surface area (Å²) in [6, 6.07) is 5.77. The molecule has 0 fully saturated rings. The van der Waals surface area contributed by atoms with Crippen molar-refractivity contribution in [3.05, 3.63) is 18.2 Å². The lowest BCUT2D eigenvalue weighted by Gasteiger charge is -2.24. The normalized spacial score (nSPS) is 11.9. The molecule has 2 rings (SSSR count). The minimum Gasteiger partial charge on any atom is -0.399 e. The highest BCUT2D eigenvalue weighted by molar-refractivity contribution is 7.22. The van der Waals surface area contributed by atoms with Crippen LogP contribution in [0.1, 0.15) is 26.7 Å². The van der Waals surface area contributed by atoms with Crippen LogP contribution in [0.4, 0.5) is 10.8 Å². The fourth-order valence-corrected chi connectivity index (χ4v) is 2.89. The first-order valence-electron chi connectivity index (χ1n) is 6.51. The zero-order valence-corrected chi connectivity index (χ0v) is 12.3. The topological polar surface area (TPSA) is 71.2 Å². The molecule has 0 saturated carbocycles. The third kappa shape index (κ3) is 3.81. The lowest BCUT2D eigenvalue weighted by atomic mass is 9.88. The van der Waals surface area contributed by atoms with Gasteiger partial charge in [-0.2, -0.15) is 0 Å². The molecule has 5 heteroatoms. The second-order valence-electron chi connectivity index (χ2n) is 5.59. The van der Waals surface area contributed by atoms with E-state index in [9.17, 15) is 0 Å². The first-order chi connectivity index (χ1) is 9.00. The second kappa shape index (κ2) is 5.75. The Balaban J connectivity index is 2.01. The largest absolute Gasteiger partial charge is 0.399 e. The summed E-state index contributed by atoms with van der Waals surface area (Å²) in [5.41, 5.74) is 7.67. The Hall–Kier alpha value is -1.33. The van der Waals surface area contributed by atoms with Crippen LogP contribution in [-0.2, 0) is 0 Å². The van der Waals surface area contributed by atoms with E-state index < -0.39 is 0 Å². The van der Waals surface area contributed by atoms with Crippen molar-refractivity contribution < 1.29 is 5.11 Å². The number of aliphatic hydroxyl groups is 1. The van der Waals surface area contributed by atoms with Gasteiger partial charge in [0.05, 0.1) is 10.2 Å². The van der Waals surface area contributed by atoms with Crippen molar-refractivity contribution in [1.29, 1.82) is 0 Å². The summed E-state index contributed by atoms with van der Waals surface area (Å²) in [4.78, 5) is 4.54. The average molecular weight is 279 g/mol. The van der Waals surface area contributed by atoms with Gasteiger partial charge < -0.3 is 16.2 Å². The third-order valence-electron chi connectivity index (χ3n) is 3.14. The number of rotatable bonds is 6. The number of aliphatic hydroxyl groups excluding tert-OH is 1. The predicted molar refractivity (Wildman–Crippen MR) is 82.6 cm³/mol. The van der Waals surface area contributed by atoms with E-state index in [0.717, 1.165) is 40.4 Å². The summed E-state index contributed by atoms with van der Waals surface area (Å²) < 4.78 is 1.11. The van der Waals surface area contributed by atoms with Crippen LogP contribution in [-0.4, -0.2) is 23.2 Å². The third-order valence-corrected chi connectivity index (χ3v) is 4.12. The van der Waals surface area contributed by atoms with Crippen molar-refractivity contribution in [2.45, 2.75) is 26.7 Å². The molecule has 0 bridgehead atoms. The Labute approximate surface area is 117 Å². The van der Waals surface area contributed by atoms with E-state index in [2.05, 4.69) is 24.1 Å². The minimum absolute atomic E-state index is 0.152. The molecule has 104 valence electrons. The molecule has 4 nitrogen and oxygen atoms in total. The number of hydrogen-bond acceptors (Lipinski definition) is 5. The van der Waals surface area contributed by atoms with Crippen LogP contribution in [0, 0.1) is 5.41 Å². The van der Waals surface area contributed by atoms with E-state index in [-0.39, 0.29) is 12.0 Å². The van der Waals surface area contributed by atoms with Crippen molar-refractivity contribution in [2.75, 3.05) is 24.2 Å². The molecule has 1 aromatic heterocycles. The first kappa shape index (κ1) is 14.1. The van der Waals surface area contributed by atoms with E-state index >= 15 is 0 Å². The van der Waals surface area contributed by atoms with Gasteiger partial charge in [-0.15, -0.1) is 0 Å². The van der Waals surface area contributed by atoms with Crippen LogP contribution >= 0.6 is 11.3 Å². The lowest BCUT2D eigenvalue weighted by molar-refractivity contribution is 0.248. The SMILES string of the molecule is CC(C)(CCCO)CNc1nc2ccc(N)cc2s1. The number of nitrogen functional groups attached to an aromatic ring is 1. The smallest absolute Gasteiger partial charge is 0.183 e. The number of aromatic nitrogens is 1. The zero-order chi connectivity index (χ0) is 13.9. The van der Waals surface area contributed by atoms with Crippen molar-refractivity contribution in [3.63, 3.8) is 0 Å². The number of nitrogens with one attached hydrogen (secondary N) is 1. The Bertz CT molecular complexity index is 551. The van der Waals surface area contributed by atoms with Gasteiger partial charge >= 0.3 is 0 Å². The molecule has 1 heterocycles. The van der Waals surface area contributed by atoms with Gasteiger partial charge in [0, 0.05) is 18.8 Å². The maximum atomic E-state index is 8.89. The Morgan fingerprint density at radius 2 is 2.21 bits per heavy atom. The highest BCUT2D eigenvalue weighted by Gasteiger charge is 2.17. The van der Waals surface area contributed by atoms with Gasteiger partial charge in [-0.1, -0.05) is 25.2 Å². The van der Waals surface area contributed by atoms with Gasteiger partial charge in [-0.25, -0.2) is 4.98 Å². The molecule has 0 aliphatic heterocycles. The van der Waals surface area contributed by atoms with Crippen LogP contribution in [0.2, 0.25) is 0 Å². The first-order valence-corrected chi connectivity index (χ1v) is 7.33. The molecule has 19 heavy (non-hydrogen) atoms. The zero-order valence-electron chi connectivity index (χ0n) is 11.4. The number of nitrogens with zero attached hydrogens (tertiary/aromatic N) is 1. The van der Waals surface area contributed by atoms with Crippen LogP contribution in [0.15, 0.2) is 18.2 Å². The summed E-state index contributed by atoms with van der Waals surface area (Å²) >= 11 is 1.62. The lowest BCUT2D eigenvalue weighted by Crippen LogP contribution is -2.23. The fourth-order valence-electron chi connectivity index (χ4n) is 1.98. The molecule has 0 atom stereocenters. The van der Waals surface area contributed by atoms with Crippen molar-refractivity contribution in [3.8, 4) is 0 Å². The number of hydrogen-bond donors (Lipinski definition) is 3. The molecule has 0 spiro atoms. The molecule has 0 radical (unpaired) electrons. The van der Waals surface area contributed by atoms with Crippen LogP contribution in [0.3, 0.4) is 0 Å². The van der Waals surface area contributed by atoms with E-state index in [1.165, 1.54) is 0 Å². The van der Waals surface area contributed by atoms with Gasteiger partial charge in [-0.05, 0) is 36.5 Å². The summed E-state index contributed by atoms with van der Waals surface area (Å²) in [5.74, 6) is 0. The monoisotopic (exact) mass is 279 g/mol. The van der Waals surface area contributed by atoms with Gasteiger partial charge in [0.2, 0.25) is 0 Å². The van der Waals surface area contributed by atoms with E-state index in [0.29, 0.717) is 0 Å². The molecule has 1 aromatic carbocycles. The maximum absolute atomic E-state index is 8.89. The second-order valence-corrected chi connectivity index (χ2v) is 6.62. The molecule has 0 unspecified atom stereocenters. The molecule has 4 N–H and O–H groups in total. The van der Waals surface area contributed by atoms with Gasteiger partial charge in [0.25, 0.3) is 0 Å². The predicted octanol–water partition coefficient (Wildman–Crippen LogP) is 3.09. The summed E-state index contributed by atoms with van der Waals surface area (Å²) in [7, 11) is 0. The number of thiazole rings is 1. The van der Waals surface area contributed by atoms with Gasteiger partial charge in [0.15, 0.2) is 5.13 Å². The number of anilines is 2. The van der Waals surface area contributed by atoms with E-state index in [1.807, 2.05) is 18.2 Å². The molecule has 0 saturated heterocycles. The van der Waals surface area contributed by atoms with Gasteiger partial charge in [-0.3, -0.25) is 0 Å². The fraction of sp³-hybridized carbons (Fsp3) is 0.500. The number of fused-ring (bicyclic) bond motifs is 1. The molecule has 0 amide bonds. The molecule has 2 aromatic rings. The Morgan fingerprint density at radius 3 is 2.95 bits per heavy atom. The summed E-state index contributed by atoms with van der Waals surface area (Å²) in [5, 5.41) is 13.2. The van der Waals surface area contributed by atoms with Crippen LogP contribution < -0.4 is 11.1 Å². The van der Waals surface area contributed by atoms with Crippen LogP contribution in [0.25, 0.3) is 10.2 Å². The van der Waals surface area contributed by atoms with Crippen molar-refractivity contribution >= 4 is 32.4 Å². The van der Waals surface area contributed by atoms with E-state index in [4.69, 9.17) is 10.8 Å². The quantitative estimate of drug-likeness (QED) is 0.711. The Kier molecular flexibility index (Phi) is 4.27. The molecular formula is C14H21N3OS. The number of benzene rings is 1. The summed E-state index contributed by atoms with van der Waals surface area (Å²) in [6.07, 6.45) is 1.83. The van der Waals surface area contributed by atoms with Crippen LogP contribution in [0.5, 0.6) is 0 Å². The number of nitrogens with two attached hydrogens (primary N) is 1. The molecular weight excluding hydrogens is 258 g/mol.